The van der Waals surface area contributed by atoms with Crippen molar-refractivity contribution in [3.63, 3.8) is 0 Å². The lowest BCUT2D eigenvalue weighted by atomic mass is 9.97. The summed E-state index contributed by atoms with van der Waals surface area (Å²) in [4.78, 5) is 4.82. The Bertz CT molecular complexity index is 1790. The van der Waals surface area contributed by atoms with Gasteiger partial charge in [0.25, 0.3) is 6.33 Å². The van der Waals surface area contributed by atoms with E-state index in [0.29, 0.717) is 0 Å². The SMILES string of the molecule is Cc1cc2c3ccccc3n3c2c(c1C)c1c2c(cc4ccsc4c23)nc[n+]1C. The number of para-hydroxylation sites is 1. The summed E-state index contributed by atoms with van der Waals surface area (Å²) in [6, 6.07) is 15.6. The van der Waals surface area contributed by atoms with Gasteiger partial charge in [0.1, 0.15) is 5.52 Å². The quantitative estimate of drug-likeness (QED) is 0.175. The van der Waals surface area contributed by atoms with Crippen LogP contribution in [0.5, 0.6) is 0 Å². The molecule has 0 spiro atoms. The molecule has 4 aromatic heterocycles. The van der Waals surface area contributed by atoms with E-state index in [9.17, 15) is 0 Å². The molecule has 3 nitrogen and oxygen atoms in total. The van der Waals surface area contributed by atoms with Crippen LogP contribution in [0.3, 0.4) is 0 Å². The highest BCUT2D eigenvalue weighted by atomic mass is 32.1. The van der Waals surface area contributed by atoms with Crippen LogP contribution < -0.4 is 4.57 Å². The number of hydrogen-bond acceptors (Lipinski definition) is 2. The minimum atomic E-state index is 1.07. The molecule has 0 bridgehead atoms. The lowest BCUT2D eigenvalue weighted by Crippen LogP contribution is -2.30. The molecular formula is C25H18N3S+. The maximum atomic E-state index is 4.82. The Morgan fingerprint density at radius 3 is 2.72 bits per heavy atom. The molecule has 0 radical (unpaired) electrons. The Hall–Kier alpha value is -3.24. The van der Waals surface area contributed by atoms with E-state index in [4.69, 9.17) is 4.98 Å². The fourth-order valence-electron chi connectivity index (χ4n) is 5.19. The molecule has 4 heterocycles. The Morgan fingerprint density at radius 1 is 0.966 bits per heavy atom. The van der Waals surface area contributed by atoms with Crippen LogP contribution in [0.25, 0.3) is 59.2 Å². The van der Waals surface area contributed by atoms with Crippen molar-refractivity contribution in [3.05, 3.63) is 65.3 Å². The van der Waals surface area contributed by atoms with Crippen molar-refractivity contribution in [1.82, 2.24) is 9.38 Å². The highest BCUT2D eigenvalue weighted by molar-refractivity contribution is 7.18. The monoisotopic (exact) mass is 392 g/mol. The van der Waals surface area contributed by atoms with E-state index in [0.717, 1.165) is 5.52 Å². The van der Waals surface area contributed by atoms with Crippen LogP contribution in [0.4, 0.5) is 0 Å². The Kier molecular flexibility index (Phi) is 2.71. The maximum Gasteiger partial charge on any atom is 0.287 e. The third-order valence-electron chi connectivity index (χ3n) is 6.59. The van der Waals surface area contributed by atoms with Crippen molar-refractivity contribution in [2.45, 2.75) is 13.8 Å². The second-order valence-corrected chi connectivity index (χ2v) is 9.02. The smallest absolute Gasteiger partial charge is 0.287 e. The molecule has 0 saturated heterocycles. The number of hydrogen-bond donors (Lipinski definition) is 0. The first-order valence-electron chi connectivity index (χ1n) is 9.88. The van der Waals surface area contributed by atoms with Gasteiger partial charge in [0.05, 0.1) is 39.1 Å². The average molecular weight is 393 g/mol. The summed E-state index contributed by atoms with van der Waals surface area (Å²) in [6.45, 7) is 4.49. The fourth-order valence-corrected chi connectivity index (χ4v) is 6.11. The number of pyridine rings is 1. The van der Waals surface area contributed by atoms with Crippen LogP contribution in [0.15, 0.2) is 54.2 Å². The second-order valence-electron chi connectivity index (χ2n) is 8.10. The third kappa shape index (κ3) is 1.70. The Morgan fingerprint density at radius 2 is 1.83 bits per heavy atom. The van der Waals surface area contributed by atoms with Crippen molar-refractivity contribution in [2.24, 2.45) is 7.05 Å². The first kappa shape index (κ1) is 15.7. The summed E-state index contributed by atoms with van der Waals surface area (Å²) < 4.78 is 6.04. The molecule has 138 valence electrons. The molecule has 0 aliphatic rings. The van der Waals surface area contributed by atoms with Gasteiger partial charge in [0.15, 0.2) is 5.52 Å². The fraction of sp³-hybridized carbons (Fsp3) is 0.120. The first-order chi connectivity index (χ1) is 14.1. The zero-order valence-electron chi connectivity index (χ0n) is 16.4. The zero-order valence-corrected chi connectivity index (χ0v) is 17.3. The minimum absolute atomic E-state index is 1.07. The molecule has 0 N–H and O–H groups in total. The standard InChI is InChI=1S/C25H18N3S/c1-13-10-17-16-6-4-5-7-19(16)28-22(17)20(14(13)2)23-21-18(26-12-27(23)3)11-15-8-9-29-25(15)24(21)28/h4-12H,1-3H3/q+1. The van der Waals surface area contributed by atoms with Crippen LogP contribution in [0.2, 0.25) is 0 Å². The third-order valence-corrected chi connectivity index (χ3v) is 7.53. The van der Waals surface area contributed by atoms with Crippen LogP contribution in [-0.4, -0.2) is 9.38 Å². The normalized spacial score (nSPS) is 12.7. The number of fused-ring (bicyclic) bond motifs is 7. The topological polar surface area (TPSA) is 21.2 Å². The van der Waals surface area contributed by atoms with Gasteiger partial charge in [-0.3, -0.25) is 0 Å². The van der Waals surface area contributed by atoms with Crippen LogP contribution >= 0.6 is 11.3 Å². The van der Waals surface area contributed by atoms with E-state index < -0.39 is 0 Å². The van der Waals surface area contributed by atoms with Crippen LogP contribution in [0, 0.1) is 13.8 Å². The molecule has 0 unspecified atom stereocenters. The molecule has 0 saturated carbocycles. The number of aryl methyl sites for hydroxylation is 3. The summed E-state index contributed by atoms with van der Waals surface area (Å²) in [5.41, 5.74) is 8.91. The van der Waals surface area contributed by atoms with Gasteiger partial charge >= 0.3 is 0 Å². The van der Waals surface area contributed by atoms with Crippen LogP contribution in [-0.2, 0) is 7.05 Å². The molecule has 0 aliphatic heterocycles. The van der Waals surface area contributed by atoms with Crippen molar-refractivity contribution in [2.75, 3.05) is 0 Å². The van der Waals surface area contributed by atoms with Gasteiger partial charge in [-0.15, -0.1) is 11.3 Å². The number of rotatable bonds is 0. The van der Waals surface area contributed by atoms with Gasteiger partial charge in [0, 0.05) is 10.8 Å². The van der Waals surface area contributed by atoms with E-state index in [1.54, 1.807) is 0 Å². The van der Waals surface area contributed by atoms with Crippen LogP contribution in [0.1, 0.15) is 11.1 Å². The molecule has 7 aromatic rings. The predicted molar refractivity (Wildman–Crippen MR) is 122 cm³/mol. The maximum absolute atomic E-state index is 4.82. The summed E-state index contributed by atoms with van der Waals surface area (Å²) in [5, 5.41) is 8.71. The zero-order chi connectivity index (χ0) is 19.4. The lowest BCUT2D eigenvalue weighted by Gasteiger charge is -2.14. The van der Waals surface area contributed by atoms with Crippen molar-refractivity contribution in [3.8, 4) is 0 Å². The molecule has 0 amide bonds. The molecule has 0 fully saturated rings. The van der Waals surface area contributed by atoms with Gasteiger partial charge in [0.2, 0.25) is 0 Å². The summed E-state index contributed by atoms with van der Waals surface area (Å²) in [5.74, 6) is 0. The largest absolute Gasteiger partial charge is 0.306 e. The van der Waals surface area contributed by atoms with Gasteiger partial charge in [-0.2, -0.15) is 0 Å². The van der Waals surface area contributed by atoms with E-state index >= 15 is 0 Å². The van der Waals surface area contributed by atoms with Crippen molar-refractivity contribution >= 4 is 70.6 Å². The van der Waals surface area contributed by atoms with E-state index in [1.807, 2.05) is 17.7 Å². The first-order valence-corrected chi connectivity index (χ1v) is 10.8. The summed E-state index contributed by atoms with van der Waals surface area (Å²) in [7, 11) is 2.12. The predicted octanol–water partition coefficient (Wildman–Crippen LogP) is 6.04. The second kappa shape index (κ2) is 5.02. The lowest BCUT2D eigenvalue weighted by molar-refractivity contribution is -0.646. The molecule has 0 atom stereocenters. The van der Waals surface area contributed by atoms with Gasteiger partial charge < -0.3 is 4.40 Å². The number of nitrogens with zero attached hydrogens (tertiary/aromatic N) is 3. The molecule has 3 aromatic carbocycles. The molecular weight excluding hydrogens is 374 g/mol. The van der Waals surface area contributed by atoms with E-state index in [1.165, 1.54) is 64.8 Å². The Labute approximate surface area is 170 Å². The summed E-state index contributed by atoms with van der Waals surface area (Å²) >= 11 is 1.82. The molecule has 4 heteroatoms. The number of benzene rings is 3. The highest BCUT2D eigenvalue weighted by Crippen LogP contribution is 2.44. The Balaban J connectivity index is 2.06. The molecule has 7 rings (SSSR count). The van der Waals surface area contributed by atoms with E-state index in [-0.39, 0.29) is 0 Å². The number of thiophene rings is 1. The average Bonchev–Trinajstić information content (AvgIpc) is 3.32. The summed E-state index contributed by atoms with van der Waals surface area (Å²) in [6.07, 6.45) is 1.96. The van der Waals surface area contributed by atoms with Crippen molar-refractivity contribution in [1.29, 1.82) is 0 Å². The van der Waals surface area contributed by atoms with Gasteiger partial charge in [-0.1, -0.05) is 18.2 Å². The van der Waals surface area contributed by atoms with Crippen molar-refractivity contribution < 1.29 is 4.57 Å². The molecule has 0 aliphatic carbocycles. The van der Waals surface area contributed by atoms with Gasteiger partial charge in [-0.05, 0) is 65.0 Å². The van der Waals surface area contributed by atoms with E-state index in [2.05, 4.69) is 77.7 Å². The minimum Gasteiger partial charge on any atom is -0.306 e. The molecule has 29 heavy (non-hydrogen) atoms. The highest BCUT2D eigenvalue weighted by Gasteiger charge is 2.26. The number of aromatic nitrogens is 3. The van der Waals surface area contributed by atoms with Gasteiger partial charge in [-0.25, -0.2) is 4.57 Å².